The van der Waals surface area contributed by atoms with Gasteiger partial charge in [-0.3, -0.25) is 4.79 Å². The molecule has 0 saturated heterocycles. The molecule has 0 aromatic heterocycles. The Balaban J connectivity index is 2.34. The second-order valence-corrected chi connectivity index (χ2v) is 4.59. The minimum absolute atomic E-state index is 0.181. The van der Waals surface area contributed by atoms with Crippen LogP contribution in [-0.2, 0) is 4.79 Å². The molecule has 1 N–H and O–H groups in total. The zero-order chi connectivity index (χ0) is 12.0. The molecule has 0 saturated carbocycles. The summed E-state index contributed by atoms with van der Waals surface area (Å²) >= 11 is 1.49. The number of aliphatic carboxylic acids is 1. The average Bonchev–Trinajstić information content (AvgIpc) is 2.21. The minimum Gasteiger partial charge on any atom is -0.482 e. The van der Waals surface area contributed by atoms with E-state index >= 15 is 0 Å². The first-order valence-corrected chi connectivity index (χ1v) is 6.25. The third kappa shape index (κ3) is 4.14. The number of ether oxygens (including phenoxy) is 1. The van der Waals surface area contributed by atoms with Crippen molar-refractivity contribution in [1.29, 1.82) is 0 Å². The summed E-state index contributed by atoms with van der Waals surface area (Å²) in [5.74, 6) is 1.23. The molecular formula is C12H16O3S. The molecule has 1 aromatic carbocycles. The number of aryl methyl sites for hydroxylation is 2. The Kier molecular flexibility index (Phi) is 5.19. The quantitative estimate of drug-likeness (QED) is 0.613. The SMILES string of the molecule is Cc1cccc(C)c1OCSCCC(=O)O. The second-order valence-electron chi connectivity index (χ2n) is 3.54. The van der Waals surface area contributed by atoms with Gasteiger partial charge in [-0.2, -0.15) is 0 Å². The third-order valence-corrected chi connectivity index (χ3v) is 2.93. The molecule has 0 bridgehead atoms. The van der Waals surface area contributed by atoms with Crippen molar-refractivity contribution in [3.05, 3.63) is 29.3 Å². The molecular weight excluding hydrogens is 224 g/mol. The zero-order valence-electron chi connectivity index (χ0n) is 9.53. The molecule has 0 fully saturated rings. The summed E-state index contributed by atoms with van der Waals surface area (Å²) < 4.78 is 5.62. The fourth-order valence-corrected chi connectivity index (χ4v) is 1.98. The lowest BCUT2D eigenvalue weighted by molar-refractivity contribution is -0.136. The van der Waals surface area contributed by atoms with Crippen molar-refractivity contribution in [1.82, 2.24) is 0 Å². The Morgan fingerprint density at radius 3 is 2.56 bits per heavy atom. The molecule has 4 heteroatoms. The van der Waals surface area contributed by atoms with E-state index in [1.807, 2.05) is 32.0 Å². The van der Waals surface area contributed by atoms with E-state index in [4.69, 9.17) is 9.84 Å². The summed E-state index contributed by atoms with van der Waals surface area (Å²) in [6.45, 7) is 4.01. The first-order chi connectivity index (χ1) is 7.61. The molecule has 1 rings (SSSR count). The molecule has 0 spiro atoms. The Hall–Kier alpha value is -1.16. The normalized spacial score (nSPS) is 10.1. The average molecular weight is 240 g/mol. The minimum atomic E-state index is -0.764. The summed E-state index contributed by atoms with van der Waals surface area (Å²) in [6.07, 6.45) is 0.181. The Morgan fingerprint density at radius 2 is 2.00 bits per heavy atom. The van der Waals surface area contributed by atoms with Gasteiger partial charge in [-0.1, -0.05) is 18.2 Å². The van der Waals surface area contributed by atoms with E-state index in [0.29, 0.717) is 11.7 Å². The molecule has 1 aromatic rings. The van der Waals surface area contributed by atoms with Crippen LogP contribution in [0.2, 0.25) is 0 Å². The summed E-state index contributed by atoms with van der Waals surface area (Å²) in [4.78, 5) is 10.3. The zero-order valence-corrected chi connectivity index (χ0v) is 10.3. The number of rotatable bonds is 6. The largest absolute Gasteiger partial charge is 0.482 e. The summed E-state index contributed by atoms with van der Waals surface area (Å²) in [6, 6.07) is 6.00. The van der Waals surface area contributed by atoms with Gasteiger partial charge in [-0.05, 0) is 25.0 Å². The van der Waals surface area contributed by atoms with Gasteiger partial charge in [0.1, 0.15) is 11.7 Å². The number of carboxylic acid groups (broad SMARTS) is 1. The number of carboxylic acids is 1. The monoisotopic (exact) mass is 240 g/mol. The van der Waals surface area contributed by atoms with Crippen LogP contribution in [0.5, 0.6) is 5.75 Å². The highest BCUT2D eigenvalue weighted by atomic mass is 32.2. The van der Waals surface area contributed by atoms with Gasteiger partial charge in [0.15, 0.2) is 0 Å². The fraction of sp³-hybridized carbons (Fsp3) is 0.417. The van der Waals surface area contributed by atoms with Crippen molar-refractivity contribution in [2.75, 3.05) is 11.7 Å². The lowest BCUT2D eigenvalue weighted by Gasteiger charge is -2.11. The molecule has 0 aliphatic heterocycles. The van der Waals surface area contributed by atoms with Crippen LogP contribution in [0.25, 0.3) is 0 Å². The highest BCUT2D eigenvalue weighted by Gasteiger charge is 2.03. The first-order valence-electron chi connectivity index (χ1n) is 5.10. The molecule has 0 atom stereocenters. The van der Waals surface area contributed by atoms with Crippen molar-refractivity contribution in [2.45, 2.75) is 20.3 Å². The van der Waals surface area contributed by atoms with Crippen LogP contribution in [0, 0.1) is 13.8 Å². The molecule has 0 radical (unpaired) electrons. The Morgan fingerprint density at radius 1 is 1.38 bits per heavy atom. The van der Waals surface area contributed by atoms with E-state index < -0.39 is 5.97 Å². The number of carbonyl (C=O) groups is 1. The van der Waals surface area contributed by atoms with Crippen LogP contribution >= 0.6 is 11.8 Å². The van der Waals surface area contributed by atoms with Gasteiger partial charge < -0.3 is 9.84 Å². The van der Waals surface area contributed by atoms with Crippen LogP contribution in [0.4, 0.5) is 0 Å². The van der Waals surface area contributed by atoms with Crippen molar-refractivity contribution in [3.8, 4) is 5.75 Å². The van der Waals surface area contributed by atoms with Crippen LogP contribution < -0.4 is 4.74 Å². The summed E-state index contributed by atoms with van der Waals surface area (Å²) in [5, 5.41) is 8.46. The predicted molar refractivity (Wildman–Crippen MR) is 66.1 cm³/mol. The van der Waals surface area contributed by atoms with E-state index in [1.54, 1.807) is 0 Å². The predicted octanol–water partition coefficient (Wildman–Crippen LogP) is 2.85. The molecule has 3 nitrogen and oxygen atoms in total. The molecule has 16 heavy (non-hydrogen) atoms. The van der Waals surface area contributed by atoms with Crippen LogP contribution in [-0.4, -0.2) is 22.8 Å². The van der Waals surface area contributed by atoms with E-state index in [9.17, 15) is 4.79 Å². The van der Waals surface area contributed by atoms with Crippen LogP contribution in [0.15, 0.2) is 18.2 Å². The van der Waals surface area contributed by atoms with Crippen LogP contribution in [0.1, 0.15) is 17.5 Å². The van der Waals surface area contributed by atoms with E-state index in [-0.39, 0.29) is 6.42 Å². The van der Waals surface area contributed by atoms with Gasteiger partial charge >= 0.3 is 5.97 Å². The molecule has 0 aliphatic carbocycles. The summed E-state index contributed by atoms with van der Waals surface area (Å²) in [7, 11) is 0. The van der Waals surface area contributed by atoms with Gasteiger partial charge in [0, 0.05) is 5.75 Å². The number of hydrogen-bond acceptors (Lipinski definition) is 3. The fourth-order valence-electron chi connectivity index (χ4n) is 1.35. The van der Waals surface area contributed by atoms with E-state index in [1.165, 1.54) is 11.8 Å². The lowest BCUT2D eigenvalue weighted by Crippen LogP contribution is -2.01. The van der Waals surface area contributed by atoms with Gasteiger partial charge in [-0.15, -0.1) is 11.8 Å². The topological polar surface area (TPSA) is 46.5 Å². The third-order valence-electron chi connectivity index (χ3n) is 2.16. The molecule has 0 amide bonds. The van der Waals surface area contributed by atoms with Gasteiger partial charge in [0.2, 0.25) is 0 Å². The number of benzene rings is 1. The maximum atomic E-state index is 10.3. The second kappa shape index (κ2) is 6.43. The number of thioether (sulfide) groups is 1. The highest BCUT2D eigenvalue weighted by Crippen LogP contribution is 2.23. The van der Waals surface area contributed by atoms with E-state index in [2.05, 4.69) is 0 Å². The molecule has 0 aliphatic rings. The van der Waals surface area contributed by atoms with Gasteiger partial charge in [-0.25, -0.2) is 0 Å². The van der Waals surface area contributed by atoms with Crippen molar-refractivity contribution < 1.29 is 14.6 Å². The smallest absolute Gasteiger partial charge is 0.304 e. The standard InChI is InChI=1S/C12H16O3S/c1-9-4-3-5-10(2)12(9)15-8-16-7-6-11(13)14/h3-5H,6-8H2,1-2H3,(H,13,14). The number of hydrogen-bond donors (Lipinski definition) is 1. The van der Waals surface area contributed by atoms with Crippen molar-refractivity contribution in [3.63, 3.8) is 0 Å². The van der Waals surface area contributed by atoms with E-state index in [0.717, 1.165) is 16.9 Å². The van der Waals surface area contributed by atoms with Crippen molar-refractivity contribution in [2.24, 2.45) is 0 Å². The highest BCUT2D eigenvalue weighted by molar-refractivity contribution is 7.99. The van der Waals surface area contributed by atoms with Crippen LogP contribution in [0.3, 0.4) is 0 Å². The maximum absolute atomic E-state index is 10.3. The van der Waals surface area contributed by atoms with Gasteiger partial charge in [0.05, 0.1) is 6.42 Å². The first kappa shape index (κ1) is 12.9. The molecule has 0 heterocycles. The lowest BCUT2D eigenvalue weighted by atomic mass is 10.1. The molecule has 88 valence electrons. The molecule has 0 unspecified atom stereocenters. The Bertz CT molecular complexity index is 343. The van der Waals surface area contributed by atoms with Crippen molar-refractivity contribution >= 4 is 17.7 Å². The van der Waals surface area contributed by atoms with Gasteiger partial charge in [0.25, 0.3) is 0 Å². The maximum Gasteiger partial charge on any atom is 0.304 e. The Labute approximate surface area is 99.8 Å². The number of para-hydroxylation sites is 1. The summed E-state index contributed by atoms with van der Waals surface area (Å²) in [5.41, 5.74) is 2.22.